The Bertz CT molecular complexity index is 438. The lowest BCUT2D eigenvalue weighted by Crippen LogP contribution is -2.42. The summed E-state index contributed by atoms with van der Waals surface area (Å²) >= 11 is 0. The molecule has 4 nitrogen and oxygen atoms in total. The van der Waals surface area contributed by atoms with Crippen molar-refractivity contribution in [2.45, 2.75) is 31.1 Å². The summed E-state index contributed by atoms with van der Waals surface area (Å²) in [7, 11) is 2.99. The van der Waals surface area contributed by atoms with Gasteiger partial charge >= 0.3 is 6.18 Å². The molecule has 20 heavy (non-hydrogen) atoms. The van der Waals surface area contributed by atoms with E-state index in [-0.39, 0.29) is 12.8 Å². The van der Waals surface area contributed by atoms with Crippen LogP contribution in [0.15, 0.2) is 18.2 Å². The molecule has 0 aliphatic rings. The van der Waals surface area contributed by atoms with Crippen LogP contribution in [0.25, 0.3) is 0 Å². The minimum Gasteiger partial charge on any atom is -0.497 e. The first-order valence-electron chi connectivity index (χ1n) is 6.06. The van der Waals surface area contributed by atoms with E-state index in [2.05, 4.69) is 0 Å². The molecule has 0 aliphatic heterocycles. The van der Waals surface area contributed by atoms with Gasteiger partial charge in [0.1, 0.15) is 17.5 Å². The van der Waals surface area contributed by atoms with Crippen LogP contribution in [0.4, 0.5) is 13.2 Å². The predicted molar refractivity (Wildman–Crippen MR) is 69.9 cm³/mol. The predicted octanol–water partition coefficient (Wildman–Crippen LogP) is 1.85. The molecule has 0 saturated heterocycles. The lowest BCUT2D eigenvalue weighted by molar-refractivity contribution is -0.149. The second-order valence-corrected chi connectivity index (χ2v) is 4.53. The van der Waals surface area contributed by atoms with Crippen LogP contribution in [-0.4, -0.2) is 32.5 Å². The summed E-state index contributed by atoms with van der Waals surface area (Å²) in [6.45, 7) is 0. The minimum atomic E-state index is -4.43. The van der Waals surface area contributed by atoms with Crippen LogP contribution in [0, 0.1) is 0 Å². The summed E-state index contributed by atoms with van der Waals surface area (Å²) in [5, 5.41) is 0. The zero-order chi connectivity index (χ0) is 15.3. The van der Waals surface area contributed by atoms with Crippen LogP contribution in [0.3, 0.4) is 0 Å². The Morgan fingerprint density at radius 2 is 1.80 bits per heavy atom. The Morgan fingerprint density at radius 3 is 2.30 bits per heavy atom. The summed E-state index contributed by atoms with van der Waals surface area (Å²) < 4.78 is 47.3. The fraction of sp³-hybridized carbons (Fsp3) is 0.538. The molecule has 0 spiro atoms. The van der Waals surface area contributed by atoms with E-state index in [0.29, 0.717) is 11.5 Å². The van der Waals surface area contributed by atoms with Gasteiger partial charge in [-0.15, -0.1) is 0 Å². The number of nitrogens with two attached hydrogens (primary N) is 2. The van der Waals surface area contributed by atoms with Crippen molar-refractivity contribution in [3.63, 3.8) is 0 Å². The maximum atomic E-state index is 12.4. The molecule has 4 N–H and O–H groups in total. The lowest BCUT2D eigenvalue weighted by atomic mass is 9.99. The molecule has 0 saturated carbocycles. The number of halogens is 3. The van der Waals surface area contributed by atoms with Crippen LogP contribution in [0.2, 0.25) is 0 Å². The molecular weight excluding hydrogens is 273 g/mol. The van der Waals surface area contributed by atoms with Crippen molar-refractivity contribution in [2.75, 3.05) is 14.2 Å². The summed E-state index contributed by atoms with van der Waals surface area (Å²) in [5.41, 5.74) is 11.5. The van der Waals surface area contributed by atoms with Crippen molar-refractivity contribution in [1.29, 1.82) is 0 Å². The van der Waals surface area contributed by atoms with E-state index in [4.69, 9.17) is 20.9 Å². The molecule has 0 aromatic heterocycles. The first kappa shape index (κ1) is 16.6. The van der Waals surface area contributed by atoms with Gasteiger partial charge in [0.15, 0.2) is 0 Å². The number of alkyl halides is 3. The van der Waals surface area contributed by atoms with Crippen molar-refractivity contribution in [2.24, 2.45) is 11.5 Å². The molecule has 1 aromatic carbocycles. The van der Waals surface area contributed by atoms with Gasteiger partial charge in [-0.2, -0.15) is 13.2 Å². The minimum absolute atomic E-state index is 0.247. The zero-order valence-corrected chi connectivity index (χ0v) is 11.4. The normalized spacial score (nSPS) is 14.8. The van der Waals surface area contributed by atoms with Crippen molar-refractivity contribution in [1.82, 2.24) is 0 Å². The Morgan fingerprint density at radius 1 is 1.15 bits per heavy atom. The van der Waals surface area contributed by atoms with Gasteiger partial charge in [-0.05, 0) is 24.5 Å². The average Bonchev–Trinajstić information content (AvgIpc) is 2.37. The number of ether oxygens (including phenoxy) is 2. The van der Waals surface area contributed by atoms with Crippen LogP contribution in [-0.2, 0) is 6.42 Å². The van der Waals surface area contributed by atoms with Gasteiger partial charge in [0.2, 0.25) is 0 Å². The standard InChI is InChI=1S/C13H19F3N2O2/c1-19-10-4-3-8(11(7-10)20-2)5-9(17)6-12(18)13(14,15)16/h3-4,7,9,12H,5-6,17-18H2,1-2H3. The third kappa shape index (κ3) is 4.57. The van der Waals surface area contributed by atoms with Crippen LogP contribution in [0.1, 0.15) is 12.0 Å². The van der Waals surface area contributed by atoms with Gasteiger partial charge < -0.3 is 20.9 Å². The topological polar surface area (TPSA) is 70.5 Å². The number of hydrogen-bond acceptors (Lipinski definition) is 4. The van der Waals surface area contributed by atoms with E-state index in [1.54, 1.807) is 18.2 Å². The fourth-order valence-corrected chi connectivity index (χ4v) is 1.85. The highest BCUT2D eigenvalue weighted by Crippen LogP contribution is 2.27. The highest BCUT2D eigenvalue weighted by molar-refractivity contribution is 5.41. The van der Waals surface area contributed by atoms with Gasteiger partial charge in [-0.1, -0.05) is 6.07 Å². The first-order chi connectivity index (χ1) is 9.27. The molecule has 0 radical (unpaired) electrons. The number of hydrogen-bond donors (Lipinski definition) is 2. The highest BCUT2D eigenvalue weighted by Gasteiger charge is 2.37. The van der Waals surface area contributed by atoms with Crippen LogP contribution >= 0.6 is 0 Å². The maximum absolute atomic E-state index is 12.4. The van der Waals surface area contributed by atoms with Gasteiger partial charge in [-0.25, -0.2) is 0 Å². The maximum Gasteiger partial charge on any atom is 0.403 e. The Kier molecular flexibility index (Phi) is 5.64. The molecular formula is C13H19F3N2O2. The molecule has 0 amide bonds. The number of rotatable bonds is 6. The zero-order valence-electron chi connectivity index (χ0n) is 11.4. The lowest BCUT2D eigenvalue weighted by Gasteiger charge is -2.20. The van der Waals surface area contributed by atoms with Crippen molar-refractivity contribution in [3.05, 3.63) is 23.8 Å². The van der Waals surface area contributed by atoms with E-state index < -0.39 is 18.3 Å². The average molecular weight is 292 g/mol. The van der Waals surface area contributed by atoms with Crippen LogP contribution < -0.4 is 20.9 Å². The fourth-order valence-electron chi connectivity index (χ4n) is 1.85. The molecule has 0 aliphatic carbocycles. The van der Waals surface area contributed by atoms with Gasteiger partial charge in [0.05, 0.1) is 14.2 Å². The van der Waals surface area contributed by atoms with E-state index in [1.165, 1.54) is 14.2 Å². The van der Waals surface area contributed by atoms with E-state index >= 15 is 0 Å². The second kappa shape index (κ2) is 6.81. The monoisotopic (exact) mass is 292 g/mol. The molecule has 2 atom stereocenters. The van der Waals surface area contributed by atoms with E-state index in [0.717, 1.165) is 5.56 Å². The van der Waals surface area contributed by atoms with Crippen molar-refractivity contribution in [3.8, 4) is 11.5 Å². The van der Waals surface area contributed by atoms with Crippen molar-refractivity contribution >= 4 is 0 Å². The second-order valence-electron chi connectivity index (χ2n) is 4.53. The molecule has 0 heterocycles. The molecule has 2 unspecified atom stereocenters. The third-order valence-corrected chi connectivity index (χ3v) is 2.95. The molecule has 1 aromatic rings. The molecule has 0 bridgehead atoms. The van der Waals surface area contributed by atoms with E-state index in [9.17, 15) is 13.2 Å². The summed E-state index contributed by atoms with van der Waals surface area (Å²) in [4.78, 5) is 0. The van der Waals surface area contributed by atoms with Crippen LogP contribution in [0.5, 0.6) is 11.5 Å². The number of benzene rings is 1. The molecule has 1 rings (SSSR count). The smallest absolute Gasteiger partial charge is 0.403 e. The molecule has 7 heteroatoms. The summed E-state index contributed by atoms with van der Waals surface area (Å²) in [6.07, 6.45) is -4.52. The quantitative estimate of drug-likeness (QED) is 0.839. The van der Waals surface area contributed by atoms with Gasteiger partial charge in [0, 0.05) is 12.1 Å². The SMILES string of the molecule is COc1ccc(CC(N)CC(N)C(F)(F)F)c(OC)c1. The number of methoxy groups -OCH3 is 2. The Hall–Kier alpha value is -1.47. The molecule has 0 fully saturated rings. The largest absolute Gasteiger partial charge is 0.497 e. The summed E-state index contributed by atoms with van der Waals surface area (Å²) in [6, 6.07) is 2.46. The van der Waals surface area contributed by atoms with Crippen molar-refractivity contribution < 1.29 is 22.6 Å². The van der Waals surface area contributed by atoms with Gasteiger partial charge in [-0.3, -0.25) is 0 Å². The first-order valence-corrected chi connectivity index (χ1v) is 6.06. The Labute approximate surface area is 115 Å². The van der Waals surface area contributed by atoms with Gasteiger partial charge in [0.25, 0.3) is 0 Å². The van der Waals surface area contributed by atoms with E-state index in [1.807, 2.05) is 0 Å². The summed E-state index contributed by atoms with van der Waals surface area (Å²) in [5.74, 6) is 1.13. The highest BCUT2D eigenvalue weighted by atomic mass is 19.4. The third-order valence-electron chi connectivity index (χ3n) is 2.95. The Balaban J connectivity index is 2.73. The molecule has 114 valence electrons.